The molecule has 0 atom stereocenters. The monoisotopic (exact) mass is 346 g/mol. The lowest BCUT2D eigenvalue weighted by atomic mass is 10.1. The molecule has 4 heteroatoms. The molecule has 0 aliphatic rings. The van der Waals surface area contributed by atoms with Gasteiger partial charge in [-0.25, -0.2) is 0 Å². The van der Waals surface area contributed by atoms with Gasteiger partial charge < -0.3 is 9.47 Å². The lowest BCUT2D eigenvalue weighted by Crippen LogP contribution is -1.94. The Labute approximate surface area is 132 Å². The van der Waals surface area contributed by atoms with Crippen molar-refractivity contribution in [2.24, 2.45) is 0 Å². The van der Waals surface area contributed by atoms with E-state index in [0.717, 1.165) is 10.0 Å². The quantitative estimate of drug-likeness (QED) is 0.595. The van der Waals surface area contributed by atoms with Crippen LogP contribution in [0.4, 0.5) is 0 Å². The van der Waals surface area contributed by atoms with Gasteiger partial charge in [-0.3, -0.25) is 4.79 Å². The van der Waals surface area contributed by atoms with Gasteiger partial charge in [-0.1, -0.05) is 30.3 Å². The second-order valence-electron chi connectivity index (χ2n) is 4.29. The van der Waals surface area contributed by atoms with Crippen molar-refractivity contribution in [1.82, 2.24) is 0 Å². The van der Waals surface area contributed by atoms with Crippen molar-refractivity contribution in [3.8, 4) is 11.5 Å². The Morgan fingerprint density at radius 2 is 1.71 bits per heavy atom. The lowest BCUT2D eigenvalue weighted by molar-refractivity contribution is 0.104. The SMILES string of the molecule is COc1cc(OC)c(/C=C/C(=O)c2ccccc2)cc1Br. The van der Waals surface area contributed by atoms with E-state index < -0.39 is 0 Å². The summed E-state index contributed by atoms with van der Waals surface area (Å²) < 4.78 is 11.3. The highest BCUT2D eigenvalue weighted by atomic mass is 79.9. The van der Waals surface area contributed by atoms with Gasteiger partial charge in [0.2, 0.25) is 0 Å². The van der Waals surface area contributed by atoms with Gasteiger partial charge in [0.25, 0.3) is 0 Å². The Balaban J connectivity index is 2.28. The molecule has 0 fully saturated rings. The number of carbonyl (C=O) groups excluding carboxylic acids is 1. The van der Waals surface area contributed by atoms with Crippen LogP contribution in [0.5, 0.6) is 11.5 Å². The molecule has 0 radical (unpaired) electrons. The summed E-state index contributed by atoms with van der Waals surface area (Å²) in [4.78, 5) is 12.1. The van der Waals surface area contributed by atoms with Gasteiger partial charge in [-0.2, -0.15) is 0 Å². The van der Waals surface area contributed by atoms with Crippen LogP contribution in [0.1, 0.15) is 15.9 Å². The molecule has 2 aromatic rings. The summed E-state index contributed by atoms with van der Waals surface area (Å²) in [6.07, 6.45) is 3.27. The number of hydrogen-bond donors (Lipinski definition) is 0. The van der Waals surface area contributed by atoms with E-state index in [-0.39, 0.29) is 5.78 Å². The zero-order valence-corrected chi connectivity index (χ0v) is 13.4. The van der Waals surface area contributed by atoms with Crippen molar-refractivity contribution in [2.75, 3.05) is 14.2 Å². The normalized spacial score (nSPS) is 10.6. The molecule has 0 unspecified atom stereocenters. The molecule has 0 amide bonds. The van der Waals surface area contributed by atoms with Crippen molar-refractivity contribution < 1.29 is 14.3 Å². The van der Waals surface area contributed by atoms with Gasteiger partial charge >= 0.3 is 0 Å². The number of allylic oxidation sites excluding steroid dienone is 1. The van der Waals surface area contributed by atoms with Gasteiger partial charge in [-0.05, 0) is 34.1 Å². The molecule has 3 nitrogen and oxygen atoms in total. The maximum Gasteiger partial charge on any atom is 0.185 e. The minimum atomic E-state index is -0.0513. The summed E-state index contributed by atoms with van der Waals surface area (Å²) in [5.41, 5.74) is 1.45. The highest BCUT2D eigenvalue weighted by Gasteiger charge is 2.08. The second kappa shape index (κ2) is 7.09. The van der Waals surface area contributed by atoms with Crippen molar-refractivity contribution >= 4 is 27.8 Å². The molecule has 0 saturated heterocycles. The fourth-order valence-corrected chi connectivity index (χ4v) is 2.40. The number of carbonyl (C=O) groups is 1. The lowest BCUT2D eigenvalue weighted by Gasteiger charge is -2.09. The molecule has 0 saturated carbocycles. The number of methoxy groups -OCH3 is 2. The van der Waals surface area contributed by atoms with Crippen molar-refractivity contribution in [1.29, 1.82) is 0 Å². The topological polar surface area (TPSA) is 35.5 Å². The fourth-order valence-electron chi connectivity index (χ4n) is 1.88. The van der Waals surface area contributed by atoms with Crippen LogP contribution in [0.2, 0.25) is 0 Å². The molecule has 0 spiro atoms. The van der Waals surface area contributed by atoms with Crippen LogP contribution >= 0.6 is 15.9 Å². The van der Waals surface area contributed by atoms with E-state index in [2.05, 4.69) is 15.9 Å². The smallest absolute Gasteiger partial charge is 0.185 e. The molecule has 2 rings (SSSR count). The van der Waals surface area contributed by atoms with Gasteiger partial charge in [0.1, 0.15) is 11.5 Å². The zero-order valence-electron chi connectivity index (χ0n) is 11.8. The van der Waals surface area contributed by atoms with Crippen LogP contribution in [-0.4, -0.2) is 20.0 Å². The molecular weight excluding hydrogens is 332 g/mol. The number of rotatable bonds is 5. The third-order valence-electron chi connectivity index (χ3n) is 2.98. The number of halogens is 1. The molecule has 108 valence electrons. The predicted molar refractivity (Wildman–Crippen MR) is 87.1 cm³/mol. The van der Waals surface area contributed by atoms with E-state index in [1.807, 2.05) is 24.3 Å². The first-order chi connectivity index (χ1) is 10.2. The Morgan fingerprint density at radius 3 is 2.33 bits per heavy atom. The molecule has 0 heterocycles. The first-order valence-electron chi connectivity index (χ1n) is 6.34. The average molecular weight is 347 g/mol. The number of ether oxygens (including phenoxy) is 2. The summed E-state index contributed by atoms with van der Waals surface area (Å²) in [7, 11) is 3.17. The summed E-state index contributed by atoms with van der Waals surface area (Å²) in [5, 5.41) is 0. The molecule has 0 bridgehead atoms. The maximum absolute atomic E-state index is 12.1. The summed E-state index contributed by atoms with van der Waals surface area (Å²) >= 11 is 3.42. The standard InChI is InChI=1S/C17H15BrO3/c1-20-16-11-17(21-2)14(18)10-13(16)8-9-15(19)12-6-4-3-5-7-12/h3-11H,1-2H3/b9-8+. The van der Waals surface area contributed by atoms with Crippen LogP contribution in [0, 0.1) is 0 Å². The van der Waals surface area contributed by atoms with Crippen LogP contribution < -0.4 is 9.47 Å². The number of ketones is 1. The molecule has 0 N–H and O–H groups in total. The van der Waals surface area contributed by atoms with Crippen LogP contribution in [0.3, 0.4) is 0 Å². The molecule has 2 aromatic carbocycles. The largest absolute Gasteiger partial charge is 0.496 e. The maximum atomic E-state index is 12.1. The number of hydrogen-bond acceptors (Lipinski definition) is 3. The minimum Gasteiger partial charge on any atom is -0.496 e. The zero-order chi connectivity index (χ0) is 15.2. The van der Waals surface area contributed by atoms with Crippen LogP contribution in [-0.2, 0) is 0 Å². The van der Waals surface area contributed by atoms with Gasteiger partial charge in [0.15, 0.2) is 5.78 Å². The fraction of sp³-hybridized carbons (Fsp3) is 0.118. The van der Waals surface area contributed by atoms with Gasteiger partial charge in [-0.15, -0.1) is 0 Å². The first kappa shape index (κ1) is 15.3. The number of benzene rings is 2. The molecule has 0 aliphatic heterocycles. The van der Waals surface area contributed by atoms with Gasteiger partial charge in [0, 0.05) is 17.2 Å². The van der Waals surface area contributed by atoms with Crippen molar-refractivity contribution in [2.45, 2.75) is 0 Å². The van der Waals surface area contributed by atoms with Crippen LogP contribution in [0.25, 0.3) is 6.08 Å². The molecular formula is C17H15BrO3. The second-order valence-corrected chi connectivity index (χ2v) is 5.15. The van der Waals surface area contributed by atoms with E-state index in [4.69, 9.17) is 9.47 Å². The van der Waals surface area contributed by atoms with E-state index in [1.165, 1.54) is 6.08 Å². The molecule has 21 heavy (non-hydrogen) atoms. The highest BCUT2D eigenvalue weighted by Crippen LogP contribution is 2.33. The van der Waals surface area contributed by atoms with E-state index >= 15 is 0 Å². The van der Waals surface area contributed by atoms with Crippen molar-refractivity contribution in [3.63, 3.8) is 0 Å². The third-order valence-corrected chi connectivity index (χ3v) is 3.60. The summed E-state index contributed by atoms with van der Waals surface area (Å²) in [5.74, 6) is 1.27. The summed E-state index contributed by atoms with van der Waals surface area (Å²) in [6, 6.07) is 12.8. The third kappa shape index (κ3) is 3.73. The minimum absolute atomic E-state index is 0.0513. The Hall–Kier alpha value is -2.07. The van der Waals surface area contributed by atoms with Crippen LogP contribution in [0.15, 0.2) is 53.0 Å². The van der Waals surface area contributed by atoms with E-state index in [1.54, 1.807) is 38.5 Å². The molecule has 0 aromatic heterocycles. The predicted octanol–water partition coefficient (Wildman–Crippen LogP) is 4.36. The average Bonchev–Trinajstić information content (AvgIpc) is 2.53. The Bertz CT molecular complexity index is 663. The van der Waals surface area contributed by atoms with E-state index in [9.17, 15) is 4.79 Å². The highest BCUT2D eigenvalue weighted by molar-refractivity contribution is 9.10. The summed E-state index contributed by atoms with van der Waals surface area (Å²) in [6.45, 7) is 0. The van der Waals surface area contributed by atoms with Gasteiger partial charge in [0.05, 0.1) is 18.7 Å². The Kier molecular flexibility index (Phi) is 5.17. The first-order valence-corrected chi connectivity index (χ1v) is 7.14. The van der Waals surface area contributed by atoms with Crippen molar-refractivity contribution in [3.05, 3.63) is 64.1 Å². The molecule has 0 aliphatic carbocycles. The Morgan fingerprint density at radius 1 is 1.05 bits per heavy atom. The van der Waals surface area contributed by atoms with E-state index in [0.29, 0.717) is 17.1 Å².